The average molecular weight is 420 g/mol. The van der Waals surface area contributed by atoms with E-state index in [0.717, 1.165) is 22.6 Å². The first-order chi connectivity index (χ1) is 15.0. The number of carbonyl (C=O) groups excluding carboxylic acids is 4. The zero-order chi connectivity index (χ0) is 22.0. The van der Waals surface area contributed by atoms with Gasteiger partial charge in [0.05, 0.1) is 11.1 Å². The van der Waals surface area contributed by atoms with E-state index in [0.29, 0.717) is 19.6 Å². The van der Waals surface area contributed by atoms with Crippen LogP contribution in [-0.4, -0.2) is 47.7 Å². The van der Waals surface area contributed by atoms with E-state index in [-0.39, 0.29) is 24.0 Å². The third-order valence-corrected chi connectivity index (χ3v) is 5.64. The van der Waals surface area contributed by atoms with E-state index < -0.39 is 29.7 Å². The Morgan fingerprint density at radius 2 is 1.74 bits per heavy atom. The van der Waals surface area contributed by atoms with Crippen LogP contribution in [0.25, 0.3) is 0 Å². The zero-order valence-corrected chi connectivity index (χ0v) is 17.0. The highest BCUT2D eigenvalue weighted by atomic mass is 16.2. The molecular weight excluding hydrogens is 396 g/mol. The van der Waals surface area contributed by atoms with Gasteiger partial charge >= 0.3 is 0 Å². The van der Waals surface area contributed by atoms with E-state index in [2.05, 4.69) is 10.2 Å². The van der Waals surface area contributed by atoms with Crippen molar-refractivity contribution in [1.82, 2.24) is 10.2 Å². The minimum atomic E-state index is -0.966. The van der Waals surface area contributed by atoms with Crippen LogP contribution in [0.15, 0.2) is 48.5 Å². The highest BCUT2D eigenvalue weighted by Gasteiger charge is 2.44. The quantitative estimate of drug-likeness (QED) is 0.656. The molecule has 4 rings (SSSR count). The molecule has 0 spiro atoms. The van der Waals surface area contributed by atoms with Crippen molar-refractivity contribution < 1.29 is 19.2 Å². The van der Waals surface area contributed by atoms with Crippen molar-refractivity contribution in [3.05, 3.63) is 65.2 Å². The molecule has 0 radical (unpaired) electrons. The lowest BCUT2D eigenvalue weighted by molar-refractivity contribution is -0.136. The molecule has 2 aliphatic rings. The highest BCUT2D eigenvalue weighted by molar-refractivity contribution is 6.23. The van der Waals surface area contributed by atoms with Crippen LogP contribution in [0, 0.1) is 0 Å². The number of nitrogens with zero attached hydrogens (tertiary/aromatic N) is 2. The maximum atomic E-state index is 13.1. The van der Waals surface area contributed by atoms with Gasteiger partial charge in [0.25, 0.3) is 11.8 Å². The number of hydrogen-bond donors (Lipinski definition) is 2. The van der Waals surface area contributed by atoms with Gasteiger partial charge in [-0.3, -0.25) is 29.4 Å². The van der Waals surface area contributed by atoms with Crippen LogP contribution >= 0.6 is 0 Å². The predicted octanol–water partition coefficient (Wildman–Crippen LogP) is 1.44. The molecule has 1 unspecified atom stereocenters. The Kier molecular flexibility index (Phi) is 5.81. The Hall–Kier alpha value is -3.52. The second kappa shape index (κ2) is 8.69. The Bertz CT molecular complexity index is 1040. The van der Waals surface area contributed by atoms with Crippen LogP contribution in [0.3, 0.4) is 0 Å². The van der Waals surface area contributed by atoms with E-state index in [1.54, 1.807) is 12.1 Å². The molecule has 2 aromatic rings. The fourth-order valence-electron chi connectivity index (χ4n) is 4.04. The molecule has 0 aromatic heterocycles. The number of imide groups is 2. The van der Waals surface area contributed by atoms with Gasteiger partial charge < -0.3 is 10.6 Å². The third kappa shape index (κ3) is 4.06. The lowest BCUT2D eigenvalue weighted by atomic mass is 10.0. The normalized spacial score (nSPS) is 18.2. The van der Waals surface area contributed by atoms with E-state index in [1.807, 2.05) is 36.4 Å². The van der Waals surface area contributed by atoms with Gasteiger partial charge in [0.1, 0.15) is 6.04 Å². The highest BCUT2D eigenvalue weighted by Crippen LogP contribution is 2.31. The van der Waals surface area contributed by atoms with Crippen molar-refractivity contribution in [2.24, 2.45) is 5.73 Å². The summed E-state index contributed by atoms with van der Waals surface area (Å²) >= 11 is 0. The number of rotatable bonds is 7. The predicted molar refractivity (Wildman–Crippen MR) is 114 cm³/mol. The number of nitrogens with two attached hydrogens (primary N) is 1. The van der Waals surface area contributed by atoms with Crippen molar-refractivity contribution in [3.63, 3.8) is 0 Å². The molecule has 2 heterocycles. The zero-order valence-electron chi connectivity index (χ0n) is 17.0. The smallest absolute Gasteiger partial charge is 0.262 e. The monoisotopic (exact) mass is 420 g/mol. The van der Waals surface area contributed by atoms with E-state index in [1.165, 1.54) is 0 Å². The van der Waals surface area contributed by atoms with Crippen LogP contribution in [0.2, 0.25) is 0 Å². The van der Waals surface area contributed by atoms with Gasteiger partial charge in [0.15, 0.2) is 0 Å². The molecule has 8 nitrogen and oxygen atoms in total. The van der Waals surface area contributed by atoms with Crippen LogP contribution in [0.4, 0.5) is 5.69 Å². The van der Waals surface area contributed by atoms with Gasteiger partial charge in [0, 0.05) is 25.2 Å². The van der Waals surface area contributed by atoms with Crippen LogP contribution in [0.1, 0.15) is 45.5 Å². The number of benzene rings is 2. The lowest BCUT2D eigenvalue weighted by Gasteiger charge is -2.27. The Morgan fingerprint density at radius 1 is 1.00 bits per heavy atom. The molecule has 1 saturated heterocycles. The SMILES string of the molecule is NCCCN(Cc1ccccc1)c1ccc2c(c1)C(=O)N(C1CCC(=O)NC1=O)C2=O. The Balaban J connectivity index is 1.62. The maximum absolute atomic E-state index is 13.1. The molecule has 2 aromatic carbocycles. The molecule has 160 valence electrons. The fraction of sp³-hybridized carbons (Fsp3) is 0.304. The summed E-state index contributed by atoms with van der Waals surface area (Å²) in [7, 11) is 0. The van der Waals surface area contributed by atoms with Crippen LogP contribution in [-0.2, 0) is 16.1 Å². The molecule has 1 atom stereocenters. The summed E-state index contributed by atoms with van der Waals surface area (Å²) < 4.78 is 0. The molecule has 0 saturated carbocycles. The van der Waals surface area contributed by atoms with Crippen LogP contribution in [0.5, 0.6) is 0 Å². The lowest BCUT2D eigenvalue weighted by Crippen LogP contribution is -2.54. The summed E-state index contributed by atoms with van der Waals surface area (Å²) in [6, 6.07) is 14.2. The summed E-state index contributed by atoms with van der Waals surface area (Å²) in [5.74, 6) is -2.01. The number of nitrogens with one attached hydrogen (secondary N) is 1. The minimum Gasteiger partial charge on any atom is -0.367 e. The van der Waals surface area contributed by atoms with Gasteiger partial charge in [0.2, 0.25) is 11.8 Å². The number of hydrogen-bond acceptors (Lipinski definition) is 6. The molecule has 2 aliphatic heterocycles. The molecule has 4 amide bonds. The summed E-state index contributed by atoms with van der Waals surface area (Å²) in [6.07, 6.45) is 1.01. The van der Waals surface area contributed by atoms with Crippen molar-refractivity contribution in [2.75, 3.05) is 18.0 Å². The number of amides is 4. The molecule has 0 aliphatic carbocycles. The largest absolute Gasteiger partial charge is 0.367 e. The first kappa shape index (κ1) is 20.7. The van der Waals surface area contributed by atoms with Crippen LogP contribution < -0.4 is 16.0 Å². The summed E-state index contributed by atoms with van der Waals surface area (Å²) in [5, 5.41) is 2.21. The second-order valence-electron chi connectivity index (χ2n) is 7.73. The molecule has 0 bridgehead atoms. The van der Waals surface area contributed by atoms with Crippen molar-refractivity contribution in [3.8, 4) is 0 Å². The summed E-state index contributed by atoms with van der Waals surface area (Å²) in [5.41, 5.74) is 8.19. The summed E-state index contributed by atoms with van der Waals surface area (Å²) in [4.78, 5) is 52.7. The van der Waals surface area contributed by atoms with Gasteiger partial charge in [-0.15, -0.1) is 0 Å². The topological polar surface area (TPSA) is 113 Å². The number of anilines is 1. The Morgan fingerprint density at radius 3 is 2.45 bits per heavy atom. The molecule has 31 heavy (non-hydrogen) atoms. The minimum absolute atomic E-state index is 0.0962. The van der Waals surface area contributed by atoms with Crippen molar-refractivity contribution >= 4 is 29.3 Å². The first-order valence-electron chi connectivity index (χ1n) is 10.3. The average Bonchev–Trinajstić information content (AvgIpc) is 3.02. The molecule has 8 heteroatoms. The third-order valence-electron chi connectivity index (χ3n) is 5.64. The number of fused-ring (bicyclic) bond motifs is 1. The fourth-order valence-corrected chi connectivity index (χ4v) is 4.04. The first-order valence-corrected chi connectivity index (χ1v) is 10.3. The molecule has 3 N–H and O–H groups in total. The van der Waals surface area contributed by atoms with E-state index in [9.17, 15) is 19.2 Å². The number of piperidine rings is 1. The van der Waals surface area contributed by atoms with Gasteiger partial charge in [-0.05, 0) is 43.1 Å². The van der Waals surface area contributed by atoms with E-state index in [4.69, 9.17) is 5.73 Å². The van der Waals surface area contributed by atoms with Gasteiger partial charge in [-0.2, -0.15) is 0 Å². The molecule has 1 fully saturated rings. The van der Waals surface area contributed by atoms with Crippen molar-refractivity contribution in [1.29, 1.82) is 0 Å². The summed E-state index contributed by atoms with van der Waals surface area (Å²) in [6.45, 7) is 1.87. The maximum Gasteiger partial charge on any atom is 0.262 e. The van der Waals surface area contributed by atoms with Crippen molar-refractivity contribution in [2.45, 2.75) is 31.8 Å². The van der Waals surface area contributed by atoms with E-state index >= 15 is 0 Å². The molecular formula is C23H24N4O4. The van der Waals surface area contributed by atoms with Gasteiger partial charge in [-0.25, -0.2) is 0 Å². The standard InChI is InChI=1S/C23H24N4O4/c24-11-4-12-26(14-15-5-2-1-3-6-15)16-7-8-17-18(13-16)23(31)27(22(17)30)19-9-10-20(28)25-21(19)29/h1-3,5-8,13,19H,4,9-12,14,24H2,(H,25,28,29). The van der Waals surface area contributed by atoms with Gasteiger partial charge in [-0.1, -0.05) is 30.3 Å². The second-order valence-corrected chi connectivity index (χ2v) is 7.73. The number of carbonyl (C=O) groups is 4. The Labute approximate surface area is 180 Å².